The second-order valence-corrected chi connectivity index (χ2v) is 7.61. The van der Waals surface area contributed by atoms with Crippen LogP contribution >= 0.6 is 0 Å². The Balaban J connectivity index is 1.53. The summed E-state index contributed by atoms with van der Waals surface area (Å²) in [7, 11) is 0. The lowest BCUT2D eigenvalue weighted by atomic mass is 10.1. The molecule has 34 heavy (non-hydrogen) atoms. The van der Waals surface area contributed by atoms with Crippen molar-refractivity contribution < 1.29 is 18.1 Å². The number of fused-ring (bicyclic) bond motifs is 1. The first-order chi connectivity index (χ1) is 16.5. The first-order valence-electron chi connectivity index (χ1n) is 10.4. The standard InChI is InChI=1S/C24H18FN5O4/c1-14-7-8-18-21(32)19(24-28-22(29-34-24)15-4-2-5-16(25)10-15)12-30(23(18)27-14)13-20(31)26-11-17-6-3-9-33-17/h2-10,12H,11,13H2,1H3,(H,26,31). The van der Waals surface area contributed by atoms with E-state index in [0.29, 0.717) is 28.1 Å². The van der Waals surface area contributed by atoms with Gasteiger partial charge in [-0.2, -0.15) is 4.98 Å². The van der Waals surface area contributed by atoms with Crippen LogP contribution in [0.25, 0.3) is 33.9 Å². The summed E-state index contributed by atoms with van der Waals surface area (Å²) in [5.74, 6) is -0.0424. The molecule has 5 aromatic rings. The third kappa shape index (κ3) is 4.20. The SMILES string of the molecule is Cc1ccc2c(=O)c(-c3nc(-c4cccc(F)c4)no3)cn(CC(=O)NCc3ccco3)c2n1. The van der Waals surface area contributed by atoms with Crippen LogP contribution in [0.3, 0.4) is 0 Å². The zero-order chi connectivity index (χ0) is 23.7. The molecule has 1 amide bonds. The average molecular weight is 459 g/mol. The Labute approximate surface area is 191 Å². The van der Waals surface area contributed by atoms with Gasteiger partial charge in [0.1, 0.15) is 29.3 Å². The van der Waals surface area contributed by atoms with Gasteiger partial charge in [-0.3, -0.25) is 9.59 Å². The number of carbonyl (C=O) groups is 1. The molecule has 0 atom stereocenters. The highest BCUT2D eigenvalue weighted by Gasteiger charge is 2.19. The Bertz CT molecular complexity index is 1560. The molecule has 0 bridgehead atoms. The number of amides is 1. The zero-order valence-corrected chi connectivity index (χ0v) is 18.0. The third-order valence-electron chi connectivity index (χ3n) is 5.15. The Morgan fingerprint density at radius 1 is 1.15 bits per heavy atom. The van der Waals surface area contributed by atoms with Crippen LogP contribution in [0.4, 0.5) is 4.39 Å². The minimum Gasteiger partial charge on any atom is -0.467 e. The van der Waals surface area contributed by atoms with Crippen molar-refractivity contribution >= 4 is 16.9 Å². The van der Waals surface area contributed by atoms with Gasteiger partial charge in [0.25, 0.3) is 5.89 Å². The largest absolute Gasteiger partial charge is 0.467 e. The van der Waals surface area contributed by atoms with E-state index in [-0.39, 0.29) is 41.7 Å². The van der Waals surface area contributed by atoms with E-state index in [2.05, 4.69) is 20.4 Å². The number of carbonyl (C=O) groups excluding carboxylic acids is 1. The van der Waals surface area contributed by atoms with E-state index in [4.69, 9.17) is 8.94 Å². The number of nitrogens with zero attached hydrogens (tertiary/aromatic N) is 4. The number of halogens is 1. The summed E-state index contributed by atoms with van der Waals surface area (Å²) in [5, 5.41) is 6.95. The van der Waals surface area contributed by atoms with Crippen LogP contribution in [0.5, 0.6) is 0 Å². The number of aryl methyl sites for hydroxylation is 1. The van der Waals surface area contributed by atoms with Gasteiger partial charge in [0.05, 0.1) is 18.2 Å². The second-order valence-electron chi connectivity index (χ2n) is 7.61. The van der Waals surface area contributed by atoms with E-state index >= 15 is 0 Å². The molecule has 0 radical (unpaired) electrons. The van der Waals surface area contributed by atoms with Gasteiger partial charge in [-0.15, -0.1) is 0 Å². The monoisotopic (exact) mass is 459 g/mol. The zero-order valence-electron chi connectivity index (χ0n) is 18.0. The van der Waals surface area contributed by atoms with Crippen molar-refractivity contribution in [3.05, 3.63) is 88.5 Å². The number of hydrogen-bond donors (Lipinski definition) is 1. The topological polar surface area (TPSA) is 116 Å². The summed E-state index contributed by atoms with van der Waals surface area (Å²) in [4.78, 5) is 34.6. The van der Waals surface area contributed by atoms with Crippen LogP contribution in [-0.2, 0) is 17.9 Å². The Hall–Kier alpha value is -4.60. The van der Waals surface area contributed by atoms with Crippen molar-refractivity contribution in [2.75, 3.05) is 0 Å². The first-order valence-corrected chi connectivity index (χ1v) is 10.4. The molecule has 0 fully saturated rings. The van der Waals surface area contributed by atoms with E-state index in [1.165, 1.54) is 30.7 Å². The third-order valence-corrected chi connectivity index (χ3v) is 5.15. The predicted molar refractivity (Wildman–Crippen MR) is 120 cm³/mol. The van der Waals surface area contributed by atoms with Crippen molar-refractivity contribution in [3.63, 3.8) is 0 Å². The molecule has 1 aromatic carbocycles. The van der Waals surface area contributed by atoms with Gasteiger partial charge < -0.3 is 18.8 Å². The molecule has 0 saturated carbocycles. The number of hydrogen-bond acceptors (Lipinski definition) is 7. The molecule has 0 aliphatic rings. The van der Waals surface area contributed by atoms with Crippen molar-refractivity contribution in [1.29, 1.82) is 0 Å². The molecule has 10 heteroatoms. The van der Waals surface area contributed by atoms with Crippen molar-refractivity contribution in [3.8, 4) is 22.8 Å². The number of benzene rings is 1. The molecule has 0 unspecified atom stereocenters. The van der Waals surface area contributed by atoms with Crippen molar-refractivity contribution in [2.24, 2.45) is 0 Å². The number of aromatic nitrogens is 4. The van der Waals surface area contributed by atoms with Gasteiger partial charge in [0.2, 0.25) is 17.2 Å². The Morgan fingerprint density at radius 3 is 2.82 bits per heavy atom. The van der Waals surface area contributed by atoms with Gasteiger partial charge in [0.15, 0.2) is 0 Å². The fraction of sp³-hybridized carbons (Fsp3) is 0.125. The highest BCUT2D eigenvalue weighted by atomic mass is 19.1. The Morgan fingerprint density at radius 2 is 2.03 bits per heavy atom. The average Bonchev–Trinajstić information content (AvgIpc) is 3.52. The lowest BCUT2D eigenvalue weighted by Gasteiger charge is -2.12. The molecular weight excluding hydrogens is 441 g/mol. The lowest BCUT2D eigenvalue weighted by molar-refractivity contribution is -0.121. The predicted octanol–water partition coefficient (Wildman–Crippen LogP) is 3.47. The number of furan rings is 1. The highest BCUT2D eigenvalue weighted by Crippen LogP contribution is 2.22. The minimum absolute atomic E-state index is 0.0449. The normalized spacial score (nSPS) is 11.1. The molecule has 1 N–H and O–H groups in total. The maximum Gasteiger partial charge on any atom is 0.263 e. The van der Waals surface area contributed by atoms with Crippen LogP contribution in [0.15, 0.2) is 74.7 Å². The molecule has 0 spiro atoms. The van der Waals surface area contributed by atoms with Gasteiger partial charge in [-0.1, -0.05) is 17.3 Å². The van der Waals surface area contributed by atoms with E-state index in [1.807, 2.05) is 0 Å². The Kier molecular flexibility index (Phi) is 5.46. The quantitative estimate of drug-likeness (QED) is 0.413. The molecular formula is C24H18FN5O4. The minimum atomic E-state index is -0.445. The molecule has 4 aromatic heterocycles. The molecule has 4 heterocycles. The van der Waals surface area contributed by atoms with Gasteiger partial charge >= 0.3 is 0 Å². The van der Waals surface area contributed by atoms with E-state index in [0.717, 1.165) is 0 Å². The number of nitrogens with one attached hydrogen (secondary N) is 1. The molecule has 0 aliphatic carbocycles. The second kappa shape index (κ2) is 8.74. The van der Waals surface area contributed by atoms with Gasteiger partial charge in [0, 0.05) is 17.5 Å². The van der Waals surface area contributed by atoms with Crippen LogP contribution in [0.2, 0.25) is 0 Å². The molecule has 170 valence electrons. The van der Waals surface area contributed by atoms with Gasteiger partial charge in [-0.05, 0) is 43.3 Å². The summed E-state index contributed by atoms with van der Waals surface area (Å²) in [6.45, 7) is 1.91. The molecule has 5 rings (SSSR count). The van der Waals surface area contributed by atoms with E-state index in [9.17, 15) is 14.0 Å². The summed E-state index contributed by atoms with van der Waals surface area (Å²) in [6.07, 6.45) is 2.99. The van der Waals surface area contributed by atoms with Crippen LogP contribution < -0.4 is 10.7 Å². The summed E-state index contributed by atoms with van der Waals surface area (Å²) in [5.41, 5.74) is 1.18. The van der Waals surface area contributed by atoms with Crippen LogP contribution in [0.1, 0.15) is 11.5 Å². The smallest absolute Gasteiger partial charge is 0.263 e. The summed E-state index contributed by atoms with van der Waals surface area (Å²) < 4.78 is 25.7. The van der Waals surface area contributed by atoms with E-state index in [1.54, 1.807) is 41.8 Å². The molecule has 0 aliphatic heterocycles. The molecule has 0 saturated heterocycles. The first kappa shape index (κ1) is 21.3. The maximum absolute atomic E-state index is 13.6. The highest BCUT2D eigenvalue weighted by molar-refractivity contribution is 5.83. The van der Waals surface area contributed by atoms with Crippen LogP contribution in [0, 0.1) is 12.7 Å². The lowest BCUT2D eigenvalue weighted by Crippen LogP contribution is -2.28. The van der Waals surface area contributed by atoms with Crippen LogP contribution in [-0.4, -0.2) is 25.6 Å². The van der Waals surface area contributed by atoms with Gasteiger partial charge in [-0.25, -0.2) is 9.37 Å². The number of rotatable bonds is 6. The molecule has 9 nitrogen and oxygen atoms in total. The maximum atomic E-state index is 13.6. The van der Waals surface area contributed by atoms with Crippen molar-refractivity contribution in [2.45, 2.75) is 20.0 Å². The fourth-order valence-electron chi connectivity index (χ4n) is 3.52. The van der Waals surface area contributed by atoms with Crippen molar-refractivity contribution in [1.82, 2.24) is 25.0 Å². The van der Waals surface area contributed by atoms with E-state index < -0.39 is 5.82 Å². The number of pyridine rings is 2. The summed E-state index contributed by atoms with van der Waals surface area (Å²) in [6, 6.07) is 12.6. The fourth-order valence-corrected chi connectivity index (χ4v) is 3.52. The summed E-state index contributed by atoms with van der Waals surface area (Å²) >= 11 is 0.